The molecule has 1 atom stereocenters. The maximum atomic E-state index is 13.3. The second-order valence-electron chi connectivity index (χ2n) is 4.87. The molecule has 0 saturated heterocycles. The molecule has 21 heavy (non-hydrogen) atoms. The molecule has 0 radical (unpaired) electrons. The van der Waals surface area contributed by atoms with Gasteiger partial charge >= 0.3 is 0 Å². The van der Waals surface area contributed by atoms with Crippen molar-refractivity contribution in [3.8, 4) is 11.3 Å². The molecular formula is C17H15FN2O. The lowest BCUT2D eigenvalue weighted by atomic mass is 10.1. The summed E-state index contributed by atoms with van der Waals surface area (Å²) in [6, 6.07) is 14.5. The number of aromatic nitrogens is 1. The topological polar surface area (TPSA) is 38.1 Å². The van der Waals surface area contributed by atoms with E-state index in [-0.39, 0.29) is 11.9 Å². The van der Waals surface area contributed by atoms with Crippen molar-refractivity contribution in [2.75, 3.05) is 5.32 Å². The molecule has 3 aromatic rings. The molecule has 106 valence electrons. The van der Waals surface area contributed by atoms with Crippen LogP contribution in [0.3, 0.4) is 0 Å². The maximum absolute atomic E-state index is 13.3. The van der Waals surface area contributed by atoms with E-state index in [0.29, 0.717) is 0 Å². The third kappa shape index (κ3) is 3.11. The Balaban J connectivity index is 1.80. The molecule has 4 heteroatoms. The van der Waals surface area contributed by atoms with Crippen LogP contribution in [0.1, 0.15) is 18.5 Å². The number of nitrogens with one attached hydrogen (secondary N) is 1. The predicted molar refractivity (Wildman–Crippen MR) is 80.4 cm³/mol. The normalized spacial score (nSPS) is 12.1. The summed E-state index contributed by atoms with van der Waals surface area (Å²) < 4.78 is 18.6. The van der Waals surface area contributed by atoms with Crippen molar-refractivity contribution < 1.29 is 8.81 Å². The highest BCUT2D eigenvalue weighted by atomic mass is 19.1. The SMILES string of the molecule is CC(Nc1cccc(-c2cnco2)c1)c1cccc(F)c1. The molecular weight excluding hydrogens is 267 g/mol. The van der Waals surface area contributed by atoms with E-state index in [4.69, 9.17) is 4.42 Å². The number of anilines is 1. The standard InChI is InChI=1S/C17H15FN2O/c1-12(13-4-2-6-15(18)8-13)20-16-7-3-5-14(9-16)17-10-19-11-21-17/h2-12,20H,1H3. The molecule has 0 aliphatic carbocycles. The van der Waals surface area contributed by atoms with Gasteiger partial charge in [-0.15, -0.1) is 0 Å². The number of halogens is 1. The molecule has 1 aromatic heterocycles. The number of nitrogens with zero attached hydrogens (tertiary/aromatic N) is 1. The minimum atomic E-state index is -0.225. The summed E-state index contributed by atoms with van der Waals surface area (Å²) in [5.41, 5.74) is 2.80. The largest absolute Gasteiger partial charge is 0.444 e. The first-order valence-electron chi connectivity index (χ1n) is 6.73. The minimum Gasteiger partial charge on any atom is -0.444 e. The summed E-state index contributed by atoms with van der Waals surface area (Å²) in [6.07, 6.45) is 3.08. The van der Waals surface area contributed by atoms with E-state index in [1.165, 1.54) is 18.5 Å². The molecule has 1 unspecified atom stereocenters. The first-order valence-corrected chi connectivity index (χ1v) is 6.73. The van der Waals surface area contributed by atoms with Crippen LogP contribution in [0.4, 0.5) is 10.1 Å². The second-order valence-corrected chi connectivity index (χ2v) is 4.87. The van der Waals surface area contributed by atoms with Crippen LogP contribution in [-0.2, 0) is 0 Å². The van der Waals surface area contributed by atoms with Gasteiger partial charge in [-0.2, -0.15) is 0 Å². The van der Waals surface area contributed by atoms with Gasteiger partial charge in [0.2, 0.25) is 0 Å². The van der Waals surface area contributed by atoms with Crippen molar-refractivity contribution in [2.24, 2.45) is 0 Å². The summed E-state index contributed by atoms with van der Waals surface area (Å²) in [4.78, 5) is 3.92. The lowest BCUT2D eigenvalue weighted by molar-refractivity contribution is 0.572. The highest BCUT2D eigenvalue weighted by molar-refractivity contribution is 5.63. The lowest BCUT2D eigenvalue weighted by Crippen LogP contribution is -2.06. The smallest absolute Gasteiger partial charge is 0.181 e. The molecule has 3 nitrogen and oxygen atoms in total. The average molecular weight is 282 g/mol. The lowest BCUT2D eigenvalue weighted by Gasteiger charge is -2.16. The van der Waals surface area contributed by atoms with Crippen molar-refractivity contribution >= 4 is 5.69 Å². The van der Waals surface area contributed by atoms with Crippen molar-refractivity contribution in [3.63, 3.8) is 0 Å². The maximum Gasteiger partial charge on any atom is 0.181 e. The van der Waals surface area contributed by atoms with Gasteiger partial charge in [-0.05, 0) is 36.8 Å². The molecule has 0 spiro atoms. The minimum absolute atomic E-state index is 0.00526. The van der Waals surface area contributed by atoms with E-state index >= 15 is 0 Å². The van der Waals surface area contributed by atoms with E-state index in [2.05, 4.69) is 10.3 Å². The first-order chi connectivity index (χ1) is 10.2. The zero-order chi connectivity index (χ0) is 14.7. The Hall–Kier alpha value is -2.62. The molecule has 1 heterocycles. The van der Waals surface area contributed by atoms with Crippen LogP contribution >= 0.6 is 0 Å². The van der Waals surface area contributed by atoms with E-state index in [0.717, 1.165) is 22.6 Å². The Morgan fingerprint density at radius 1 is 1.14 bits per heavy atom. The van der Waals surface area contributed by atoms with Crippen LogP contribution in [-0.4, -0.2) is 4.98 Å². The molecule has 0 saturated carbocycles. The van der Waals surface area contributed by atoms with Gasteiger partial charge in [0, 0.05) is 17.3 Å². The Bertz CT molecular complexity index is 725. The number of hydrogen-bond donors (Lipinski definition) is 1. The predicted octanol–water partition coefficient (Wildman–Crippen LogP) is 4.65. The van der Waals surface area contributed by atoms with Gasteiger partial charge in [0.05, 0.1) is 6.20 Å². The fraction of sp³-hybridized carbons (Fsp3) is 0.118. The number of benzene rings is 2. The zero-order valence-corrected chi connectivity index (χ0v) is 11.6. The van der Waals surface area contributed by atoms with Gasteiger partial charge in [-0.3, -0.25) is 0 Å². The van der Waals surface area contributed by atoms with Crippen LogP contribution in [0.5, 0.6) is 0 Å². The summed E-state index contributed by atoms with van der Waals surface area (Å²) in [5.74, 6) is 0.494. The number of hydrogen-bond acceptors (Lipinski definition) is 3. The van der Waals surface area contributed by atoms with Crippen molar-refractivity contribution in [3.05, 3.63) is 72.5 Å². The van der Waals surface area contributed by atoms with E-state index < -0.39 is 0 Å². The van der Waals surface area contributed by atoms with E-state index in [1.54, 1.807) is 12.3 Å². The Morgan fingerprint density at radius 3 is 2.76 bits per heavy atom. The molecule has 1 N–H and O–H groups in total. The van der Waals surface area contributed by atoms with Gasteiger partial charge in [-0.1, -0.05) is 24.3 Å². The van der Waals surface area contributed by atoms with Gasteiger partial charge < -0.3 is 9.73 Å². The van der Waals surface area contributed by atoms with E-state index in [1.807, 2.05) is 37.3 Å². The molecule has 0 aliphatic rings. The summed E-state index contributed by atoms with van der Waals surface area (Å²) in [5, 5.41) is 3.36. The third-order valence-electron chi connectivity index (χ3n) is 3.31. The van der Waals surface area contributed by atoms with Gasteiger partial charge in [0.15, 0.2) is 12.2 Å². The summed E-state index contributed by atoms with van der Waals surface area (Å²) in [7, 11) is 0. The Morgan fingerprint density at radius 2 is 2.00 bits per heavy atom. The monoisotopic (exact) mass is 282 g/mol. The Kier molecular flexibility index (Phi) is 3.69. The fourth-order valence-electron chi connectivity index (χ4n) is 2.23. The fourth-order valence-corrected chi connectivity index (χ4v) is 2.23. The van der Waals surface area contributed by atoms with Crippen LogP contribution in [0.25, 0.3) is 11.3 Å². The van der Waals surface area contributed by atoms with Crippen LogP contribution in [0, 0.1) is 5.82 Å². The van der Waals surface area contributed by atoms with Crippen molar-refractivity contribution in [1.82, 2.24) is 4.98 Å². The molecule has 0 amide bonds. The molecule has 0 aliphatic heterocycles. The van der Waals surface area contributed by atoms with Crippen LogP contribution in [0.15, 0.2) is 65.5 Å². The third-order valence-corrected chi connectivity index (χ3v) is 3.31. The highest BCUT2D eigenvalue weighted by Crippen LogP contribution is 2.25. The molecule has 3 rings (SSSR count). The highest BCUT2D eigenvalue weighted by Gasteiger charge is 2.08. The molecule has 0 bridgehead atoms. The van der Waals surface area contributed by atoms with Gasteiger partial charge in [0.1, 0.15) is 5.82 Å². The Labute approximate surface area is 122 Å². The number of rotatable bonds is 4. The van der Waals surface area contributed by atoms with E-state index in [9.17, 15) is 4.39 Å². The molecule has 0 fully saturated rings. The second kappa shape index (κ2) is 5.79. The quantitative estimate of drug-likeness (QED) is 0.756. The van der Waals surface area contributed by atoms with Crippen molar-refractivity contribution in [1.29, 1.82) is 0 Å². The number of oxazole rings is 1. The summed E-state index contributed by atoms with van der Waals surface area (Å²) in [6.45, 7) is 2.00. The first kappa shape index (κ1) is 13.4. The molecule has 2 aromatic carbocycles. The van der Waals surface area contributed by atoms with Gasteiger partial charge in [0.25, 0.3) is 0 Å². The van der Waals surface area contributed by atoms with Crippen LogP contribution < -0.4 is 5.32 Å². The average Bonchev–Trinajstić information content (AvgIpc) is 3.02. The zero-order valence-electron chi connectivity index (χ0n) is 11.6. The van der Waals surface area contributed by atoms with Crippen LogP contribution in [0.2, 0.25) is 0 Å². The summed E-state index contributed by atoms with van der Waals surface area (Å²) >= 11 is 0. The van der Waals surface area contributed by atoms with Gasteiger partial charge in [-0.25, -0.2) is 9.37 Å². The van der Waals surface area contributed by atoms with Crippen molar-refractivity contribution in [2.45, 2.75) is 13.0 Å².